The molecule has 2 nitrogen and oxygen atoms in total. The molecule has 3 rings (SSSR count). The minimum Gasteiger partial charge on any atom is -0.466 e. The van der Waals surface area contributed by atoms with Crippen LogP contribution in [-0.4, -0.2) is 12.6 Å². The SMILES string of the molecule is CCCOC(=O)CCc1c2ccccc2cc2ccccc12. The number of esters is 1. The molecule has 0 radical (unpaired) electrons. The van der Waals surface area contributed by atoms with Gasteiger partial charge in [-0.25, -0.2) is 0 Å². The van der Waals surface area contributed by atoms with Crippen LogP contribution in [0, 0.1) is 0 Å². The summed E-state index contributed by atoms with van der Waals surface area (Å²) in [5.74, 6) is -0.112. The Hall–Kier alpha value is -2.35. The third kappa shape index (κ3) is 2.96. The Kier molecular flexibility index (Phi) is 4.38. The lowest BCUT2D eigenvalue weighted by Crippen LogP contribution is -2.06. The zero-order valence-electron chi connectivity index (χ0n) is 12.8. The van der Waals surface area contributed by atoms with E-state index >= 15 is 0 Å². The predicted octanol–water partition coefficient (Wildman–Crippen LogP) is 4.88. The highest BCUT2D eigenvalue weighted by Crippen LogP contribution is 2.29. The largest absolute Gasteiger partial charge is 0.466 e. The second-order valence-electron chi connectivity index (χ2n) is 5.52. The molecular weight excluding hydrogens is 272 g/mol. The van der Waals surface area contributed by atoms with Gasteiger partial charge in [-0.2, -0.15) is 0 Å². The molecule has 0 amide bonds. The van der Waals surface area contributed by atoms with Gasteiger partial charge in [0, 0.05) is 6.42 Å². The molecule has 0 aromatic heterocycles. The normalized spacial score (nSPS) is 11.0. The van der Waals surface area contributed by atoms with Crippen LogP contribution < -0.4 is 0 Å². The molecule has 0 unspecified atom stereocenters. The fraction of sp³-hybridized carbons (Fsp3) is 0.250. The number of aryl methyl sites for hydroxylation is 1. The molecule has 3 aromatic carbocycles. The number of fused-ring (bicyclic) bond motifs is 2. The van der Waals surface area contributed by atoms with Crippen molar-refractivity contribution in [3.63, 3.8) is 0 Å². The Morgan fingerprint density at radius 3 is 2.14 bits per heavy atom. The number of carbonyl (C=O) groups excluding carboxylic acids is 1. The van der Waals surface area contributed by atoms with Gasteiger partial charge in [0.15, 0.2) is 0 Å². The van der Waals surface area contributed by atoms with E-state index in [0.29, 0.717) is 19.4 Å². The molecule has 0 aliphatic rings. The molecule has 22 heavy (non-hydrogen) atoms. The molecule has 112 valence electrons. The van der Waals surface area contributed by atoms with Crippen molar-refractivity contribution in [3.8, 4) is 0 Å². The molecule has 0 saturated carbocycles. The van der Waals surface area contributed by atoms with Gasteiger partial charge in [-0.1, -0.05) is 55.5 Å². The zero-order valence-corrected chi connectivity index (χ0v) is 12.8. The quantitative estimate of drug-likeness (QED) is 0.495. The van der Waals surface area contributed by atoms with Gasteiger partial charge < -0.3 is 4.74 Å². The van der Waals surface area contributed by atoms with Crippen molar-refractivity contribution in [3.05, 3.63) is 60.2 Å². The maximum Gasteiger partial charge on any atom is 0.306 e. The lowest BCUT2D eigenvalue weighted by Gasteiger charge is -2.11. The zero-order chi connectivity index (χ0) is 15.4. The molecule has 0 N–H and O–H groups in total. The molecule has 0 spiro atoms. The summed E-state index contributed by atoms with van der Waals surface area (Å²) in [6.07, 6.45) is 2.01. The van der Waals surface area contributed by atoms with Crippen molar-refractivity contribution in [2.75, 3.05) is 6.61 Å². The fourth-order valence-corrected chi connectivity index (χ4v) is 2.89. The van der Waals surface area contributed by atoms with E-state index in [2.05, 4.69) is 54.6 Å². The van der Waals surface area contributed by atoms with Crippen LogP contribution in [0.25, 0.3) is 21.5 Å². The lowest BCUT2D eigenvalue weighted by atomic mass is 9.94. The van der Waals surface area contributed by atoms with Gasteiger partial charge in [-0.3, -0.25) is 4.79 Å². The second kappa shape index (κ2) is 6.61. The predicted molar refractivity (Wildman–Crippen MR) is 91.0 cm³/mol. The summed E-state index contributed by atoms with van der Waals surface area (Å²) in [6.45, 7) is 2.51. The molecule has 0 heterocycles. The Labute approximate surface area is 130 Å². The van der Waals surface area contributed by atoms with E-state index in [9.17, 15) is 4.79 Å². The van der Waals surface area contributed by atoms with E-state index in [0.717, 1.165) is 6.42 Å². The number of rotatable bonds is 5. The van der Waals surface area contributed by atoms with Gasteiger partial charge in [0.1, 0.15) is 0 Å². The number of ether oxygens (including phenoxy) is 1. The van der Waals surface area contributed by atoms with E-state index in [1.165, 1.54) is 27.1 Å². The van der Waals surface area contributed by atoms with Crippen LogP contribution in [-0.2, 0) is 16.0 Å². The average Bonchev–Trinajstić information content (AvgIpc) is 2.56. The summed E-state index contributed by atoms with van der Waals surface area (Å²) in [7, 11) is 0. The number of hydrogen-bond acceptors (Lipinski definition) is 2. The molecule has 0 fully saturated rings. The first-order chi connectivity index (χ1) is 10.8. The van der Waals surface area contributed by atoms with Gasteiger partial charge in [0.05, 0.1) is 6.61 Å². The minimum absolute atomic E-state index is 0.112. The van der Waals surface area contributed by atoms with Gasteiger partial charge in [0.25, 0.3) is 0 Å². The smallest absolute Gasteiger partial charge is 0.306 e. The highest BCUT2D eigenvalue weighted by atomic mass is 16.5. The molecule has 0 saturated heterocycles. The number of carbonyl (C=O) groups is 1. The van der Waals surface area contributed by atoms with Crippen LogP contribution in [0.1, 0.15) is 25.3 Å². The minimum atomic E-state index is -0.112. The van der Waals surface area contributed by atoms with Crippen molar-refractivity contribution in [1.82, 2.24) is 0 Å². The molecule has 0 aliphatic heterocycles. The van der Waals surface area contributed by atoms with Crippen molar-refractivity contribution in [1.29, 1.82) is 0 Å². The highest BCUT2D eigenvalue weighted by Gasteiger charge is 2.10. The standard InChI is InChI=1S/C20H20O2/c1-2-13-22-20(21)12-11-19-17-9-5-3-7-15(17)14-16-8-4-6-10-18(16)19/h3-10,14H,2,11-13H2,1H3. The number of hydrogen-bond donors (Lipinski definition) is 0. The monoisotopic (exact) mass is 292 g/mol. The molecule has 3 aromatic rings. The van der Waals surface area contributed by atoms with Crippen LogP contribution in [0.4, 0.5) is 0 Å². The Morgan fingerprint density at radius 1 is 0.955 bits per heavy atom. The summed E-state index contributed by atoms with van der Waals surface area (Å²) in [5.41, 5.74) is 1.24. The lowest BCUT2D eigenvalue weighted by molar-refractivity contribution is -0.143. The molecule has 0 aliphatic carbocycles. The summed E-state index contributed by atoms with van der Waals surface area (Å²) in [6, 6.07) is 18.9. The second-order valence-corrected chi connectivity index (χ2v) is 5.52. The summed E-state index contributed by atoms with van der Waals surface area (Å²) in [5, 5.41) is 4.89. The molecule has 0 bridgehead atoms. The van der Waals surface area contributed by atoms with E-state index < -0.39 is 0 Å². The maximum absolute atomic E-state index is 11.8. The van der Waals surface area contributed by atoms with Crippen molar-refractivity contribution >= 4 is 27.5 Å². The Morgan fingerprint density at radius 2 is 1.55 bits per heavy atom. The number of benzene rings is 3. The van der Waals surface area contributed by atoms with Crippen LogP contribution in [0.5, 0.6) is 0 Å². The van der Waals surface area contributed by atoms with Crippen LogP contribution in [0.3, 0.4) is 0 Å². The van der Waals surface area contributed by atoms with E-state index in [-0.39, 0.29) is 5.97 Å². The third-order valence-corrected chi connectivity index (χ3v) is 3.93. The topological polar surface area (TPSA) is 26.3 Å². The van der Waals surface area contributed by atoms with Crippen molar-refractivity contribution in [2.45, 2.75) is 26.2 Å². The summed E-state index contributed by atoms with van der Waals surface area (Å²) < 4.78 is 5.20. The van der Waals surface area contributed by atoms with Crippen LogP contribution in [0.2, 0.25) is 0 Å². The van der Waals surface area contributed by atoms with Gasteiger partial charge in [0.2, 0.25) is 0 Å². The Bertz CT molecular complexity index is 751. The Balaban J connectivity index is 1.99. The van der Waals surface area contributed by atoms with Crippen molar-refractivity contribution in [2.24, 2.45) is 0 Å². The first kappa shape index (κ1) is 14.6. The summed E-state index contributed by atoms with van der Waals surface area (Å²) >= 11 is 0. The first-order valence-electron chi connectivity index (χ1n) is 7.84. The van der Waals surface area contributed by atoms with Gasteiger partial charge >= 0.3 is 5.97 Å². The van der Waals surface area contributed by atoms with Crippen LogP contribution in [0.15, 0.2) is 54.6 Å². The molecular formula is C20H20O2. The van der Waals surface area contributed by atoms with E-state index in [4.69, 9.17) is 4.74 Å². The third-order valence-electron chi connectivity index (χ3n) is 3.93. The summed E-state index contributed by atoms with van der Waals surface area (Å²) in [4.78, 5) is 11.8. The van der Waals surface area contributed by atoms with E-state index in [1.807, 2.05) is 6.92 Å². The maximum atomic E-state index is 11.8. The van der Waals surface area contributed by atoms with Crippen LogP contribution >= 0.6 is 0 Å². The highest BCUT2D eigenvalue weighted by molar-refractivity contribution is 6.02. The first-order valence-corrected chi connectivity index (χ1v) is 7.84. The fourth-order valence-electron chi connectivity index (χ4n) is 2.89. The average molecular weight is 292 g/mol. The van der Waals surface area contributed by atoms with Crippen molar-refractivity contribution < 1.29 is 9.53 Å². The molecule has 2 heteroatoms. The van der Waals surface area contributed by atoms with Gasteiger partial charge in [-0.15, -0.1) is 0 Å². The van der Waals surface area contributed by atoms with E-state index in [1.54, 1.807) is 0 Å². The molecule has 0 atom stereocenters. The van der Waals surface area contributed by atoms with Gasteiger partial charge in [-0.05, 0) is 46.0 Å².